The summed E-state index contributed by atoms with van der Waals surface area (Å²) in [6.07, 6.45) is 2.05. The Morgan fingerprint density at radius 3 is 2.80 bits per heavy atom. The second-order valence-electron chi connectivity index (χ2n) is 6.05. The summed E-state index contributed by atoms with van der Waals surface area (Å²) < 4.78 is 6.76. The van der Waals surface area contributed by atoms with E-state index < -0.39 is 0 Å². The van der Waals surface area contributed by atoms with Crippen LogP contribution in [0.1, 0.15) is 10.4 Å². The van der Waals surface area contributed by atoms with E-state index >= 15 is 0 Å². The van der Waals surface area contributed by atoms with Crippen LogP contribution >= 0.6 is 27.3 Å². The van der Waals surface area contributed by atoms with Crippen LogP contribution < -0.4 is 0 Å². The van der Waals surface area contributed by atoms with Gasteiger partial charge in [-0.1, -0.05) is 30.3 Å². The molecule has 0 aliphatic carbocycles. The molecule has 0 saturated heterocycles. The number of thiophene rings is 1. The molecule has 0 aliphatic rings. The molecule has 2 aromatic carbocycles. The van der Waals surface area contributed by atoms with Crippen molar-refractivity contribution in [2.24, 2.45) is 0 Å². The third kappa shape index (κ3) is 3.22. The van der Waals surface area contributed by atoms with E-state index in [9.17, 15) is 4.79 Å². The Balaban J connectivity index is 1.61. The molecule has 0 spiro atoms. The van der Waals surface area contributed by atoms with Crippen LogP contribution in [0.3, 0.4) is 0 Å². The van der Waals surface area contributed by atoms with Gasteiger partial charge in [-0.15, -0.1) is 11.3 Å². The molecule has 1 amide bonds. The summed E-state index contributed by atoms with van der Waals surface area (Å²) in [7, 11) is 1.84. The zero-order valence-corrected chi connectivity index (χ0v) is 16.1. The SMILES string of the molecule is CN(Cc1ccc(Br)s1)C(=O)Cc1coc2ccc3ccccc3c12. The van der Waals surface area contributed by atoms with E-state index in [2.05, 4.69) is 28.1 Å². The first-order chi connectivity index (χ1) is 12.1. The largest absolute Gasteiger partial charge is 0.464 e. The lowest BCUT2D eigenvalue weighted by atomic mass is 10.0. The molecule has 0 bridgehead atoms. The van der Waals surface area contributed by atoms with E-state index in [1.165, 1.54) is 0 Å². The summed E-state index contributed by atoms with van der Waals surface area (Å²) in [4.78, 5) is 15.6. The van der Waals surface area contributed by atoms with Gasteiger partial charge >= 0.3 is 0 Å². The van der Waals surface area contributed by atoms with Gasteiger partial charge in [0, 0.05) is 22.9 Å². The number of likely N-dealkylation sites (N-methyl/N-ethyl adjacent to an activating group) is 1. The van der Waals surface area contributed by atoms with Crippen molar-refractivity contribution in [3.8, 4) is 0 Å². The molecule has 25 heavy (non-hydrogen) atoms. The van der Waals surface area contributed by atoms with Crippen molar-refractivity contribution in [3.63, 3.8) is 0 Å². The Morgan fingerprint density at radius 1 is 1.16 bits per heavy atom. The highest BCUT2D eigenvalue weighted by Gasteiger charge is 2.16. The summed E-state index contributed by atoms with van der Waals surface area (Å²) in [6.45, 7) is 0.617. The molecule has 0 radical (unpaired) electrons. The highest BCUT2D eigenvalue weighted by molar-refractivity contribution is 9.11. The molecule has 0 atom stereocenters. The minimum absolute atomic E-state index is 0.0835. The lowest BCUT2D eigenvalue weighted by Crippen LogP contribution is -2.27. The summed E-state index contributed by atoms with van der Waals surface area (Å²) >= 11 is 5.11. The second kappa shape index (κ2) is 6.65. The van der Waals surface area contributed by atoms with Crippen molar-refractivity contribution < 1.29 is 9.21 Å². The molecule has 5 heteroatoms. The number of rotatable bonds is 4. The second-order valence-corrected chi connectivity index (χ2v) is 8.60. The number of hydrogen-bond acceptors (Lipinski definition) is 3. The Labute approximate surface area is 158 Å². The number of hydrogen-bond donors (Lipinski definition) is 0. The molecule has 4 aromatic rings. The lowest BCUT2D eigenvalue weighted by Gasteiger charge is -2.16. The Bertz CT molecular complexity index is 1070. The van der Waals surface area contributed by atoms with Crippen LogP contribution in [0.15, 0.2) is 63.0 Å². The first kappa shape index (κ1) is 16.4. The first-order valence-corrected chi connectivity index (χ1v) is 9.59. The molecule has 3 nitrogen and oxygen atoms in total. The van der Waals surface area contributed by atoms with Gasteiger partial charge in [-0.3, -0.25) is 4.79 Å². The van der Waals surface area contributed by atoms with Crippen LogP contribution in [-0.4, -0.2) is 17.9 Å². The lowest BCUT2D eigenvalue weighted by molar-refractivity contribution is -0.129. The molecule has 4 rings (SSSR count). The van der Waals surface area contributed by atoms with Crippen molar-refractivity contribution in [3.05, 3.63) is 69.0 Å². The van der Waals surface area contributed by atoms with E-state index in [4.69, 9.17) is 4.42 Å². The molecule has 2 heterocycles. The number of fused-ring (bicyclic) bond motifs is 3. The molecular formula is C20H16BrNO2S. The van der Waals surface area contributed by atoms with Gasteiger partial charge in [-0.05, 0) is 44.9 Å². The first-order valence-electron chi connectivity index (χ1n) is 7.98. The van der Waals surface area contributed by atoms with Gasteiger partial charge in [0.05, 0.1) is 23.0 Å². The third-order valence-corrected chi connectivity index (χ3v) is 5.94. The quantitative estimate of drug-likeness (QED) is 0.435. The van der Waals surface area contributed by atoms with E-state index in [-0.39, 0.29) is 5.91 Å². The molecule has 0 N–H and O–H groups in total. The number of carbonyl (C=O) groups excluding carboxylic acids is 1. The minimum Gasteiger partial charge on any atom is -0.464 e. The standard InChI is InChI=1S/C20H16BrNO2S/c1-22(11-15-7-9-18(21)25-15)19(23)10-14-12-24-17-8-6-13-4-2-3-5-16(13)20(14)17/h2-9,12H,10-11H2,1H3. The van der Waals surface area contributed by atoms with E-state index in [0.29, 0.717) is 13.0 Å². The maximum absolute atomic E-state index is 12.7. The molecule has 0 unspecified atom stereocenters. The van der Waals surface area contributed by atoms with Gasteiger partial charge in [0.1, 0.15) is 5.58 Å². The zero-order chi connectivity index (χ0) is 17.4. The van der Waals surface area contributed by atoms with Gasteiger partial charge in [-0.2, -0.15) is 0 Å². The van der Waals surface area contributed by atoms with Crippen molar-refractivity contribution in [1.82, 2.24) is 4.90 Å². The van der Waals surface area contributed by atoms with Crippen LogP contribution in [0.4, 0.5) is 0 Å². The highest BCUT2D eigenvalue weighted by atomic mass is 79.9. The zero-order valence-electron chi connectivity index (χ0n) is 13.7. The fourth-order valence-electron chi connectivity index (χ4n) is 3.06. The average molecular weight is 414 g/mol. The van der Waals surface area contributed by atoms with Gasteiger partial charge < -0.3 is 9.32 Å². The smallest absolute Gasteiger partial charge is 0.227 e. The van der Waals surface area contributed by atoms with Gasteiger partial charge in [0.2, 0.25) is 5.91 Å². The molecular weight excluding hydrogens is 398 g/mol. The van der Waals surface area contributed by atoms with Gasteiger partial charge in [0.25, 0.3) is 0 Å². The highest BCUT2D eigenvalue weighted by Crippen LogP contribution is 2.30. The van der Waals surface area contributed by atoms with Crippen LogP contribution in [0, 0.1) is 0 Å². The maximum Gasteiger partial charge on any atom is 0.227 e. The van der Waals surface area contributed by atoms with Crippen LogP contribution in [0.25, 0.3) is 21.7 Å². The monoisotopic (exact) mass is 413 g/mol. The van der Waals surface area contributed by atoms with E-state index in [1.807, 2.05) is 43.4 Å². The number of carbonyl (C=O) groups is 1. The summed E-state index contributed by atoms with van der Waals surface area (Å²) in [6, 6.07) is 16.3. The minimum atomic E-state index is 0.0835. The number of benzene rings is 2. The predicted molar refractivity (Wildman–Crippen MR) is 106 cm³/mol. The fourth-order valence-corrected chi connectivity index (χ4v) is 4.60. The molecule has 2 aromatic heterocycles. The summed E-state index contributed by atoms with van der Waals surface area (Å²) in [5.74, 6) is 0.0835. The molecule has 0 fully saturated rings. The summed E-state index contributed by atoms with van der Waals surface area (Å²) in [5, 5.41) is 3.32. The predicted octanol–water partition coefficient (Wildman–Crippen LogP) is 5.61. The van der Waals surface area contributed by atoms with Crippen molar-refractivity contribution >= 4 is 54.9 Å². The number of halogens is 1. The number of nitrogens with zero attached hydrogens (tertiary/aromatic N) is 1. The van der Waals surface area contributed by atoms with E-state index in [0.717, 1.165) is 36.0 Å². The summed E-state index contributed by atoms with van der Waals surface area (Å²) in [5.41, 5.74) is 1.77. The van der Waals surface area contributed by atoms with Gasteiger partial charge in [-0.25, -0.2) is 0 Å². The normalized spacial score (nSPS) is 11.3. The van der Waals surface area contributed by atoms with Crippen molar-refractivity contribution in [2.45, 2.75) is 13.0 Å². The third-order valence-electron chi connectivity index (χ3n) is 4.33. The maximum atomic E-state index is 12.7. The molecule has 0 aliphatic heterocycles. The fraction of sp³-hybridized carbons (Fsp3) is 0.150. The number of amides is 1. The van der Waals surface area contributed by atoms with Crippen molar-refractivity contribution in [2.75, 3.05) is 7.05 Å². The molecule has 126 valence electrons. The van der Waals surface area contributed by atoms with Gasteiger partial charge in [0.15, 0.2) is 0 Å². The Kier molecular flexibility index (Phi) is 4.36. The Hall–Kier alpha value is -2.11. The topological polar surface area (TPSA) is 33.5 Å². The van der Waals surface area contributed by atoms with Crippen LogP contribution in [0.2, 0.25) is 0 Å². The van der Waals surface area contributed by atoms with Crippen LogP contribution in [-0.2, 0) is 17.8 Å². The van der Waals surface area contributed by atoms with Crippen LogP contribution in [0.5, 0.6) is 0 Å². The average Bonchev–Trinajstić information content (AvgIpc) is 3.21. The number of furan rings is 1. The molecule has 0 saturated carbocycles. The Morgan fingerprint density at radius 2 is 2.00 bits per heavy atom. The van der Waals surface area contributed by atoms with E-state index in [1.54, 1.807) is 22.5 Å². The van der Waals surface area contributed by atoms with Crippen molar-refractivity contribution in [1.29, 1.82) is 0 Å².